The number of nitrogens with zero attached hydrogens (tertiary/aromatic N) is 5. The summed E-state index contributed by atoms with van der Waals surface area (Å²) in [7, 11) is 1.70. The molecule has 21 heavy (non-hydrogen) atoms. The van der Waals surface area contributed by atoms with Gasteiger partial charge < -0.3 is 14.2 Å². The average molecular weight is 313 g/mol. The van der Waals surface area contributed by atoms with Gasteiger partial charge in [-0.2, -0.15) is 5.10 Å². The van der Waals surface area contributed by atoms with Crippen molar-refractivity contribution in [1.82, 2.24) is 24.1 Å². The van der Waals surface area contributed by atoms with Gasteiger partial charge in [0.1, 0.15) is 6.33 Å². The van der Waals surface area contributed by atoms with Crippen molar-refractivity contribution in [2.45, 2.75) is 27.1 Å². The Kier molecular flexibility index (Phi) is 6.35. The first-order valence-electron chi connectivity index (χ1n) is 7.66. The lowest BCUT2D eigenvalue weighted by Crippen LogP contribution is -2.47. The predicted molar refractivity (Wildman–Crippen MR) is 85.8 cm³/mol. The van der Waals surface area contributed by atoms with Crippen LogP contribution in [0, 0.1) is 10.7 Å². The zero-order valence-corrected chi connectivity index (χ0v) is 14.2. The Hall–Kier alpha value is -0.760. The number of hydrogen-bond acceptors (Lipinski definition) is 5. The van der Waals surface area contributed by atoms with Gasteiger partial charge in [-0.25, -0.2) is 4.68 Å². The fraction of sp³-hybridized carbons (Fsp3) is 0.857. The van der Waals surface area contributed by atoms with Gasteiger partial charge in [0.2, 0.25) is 0 Å². The summed E-state index contributed by atoms with van der Waals surface area (Å²) in [5.41, 5.74) is 0. The zero-order valence-electron chi connectivity index (χ0n) is 13.4. The first kappa shape index (κ1) is 16.6. The monoisotopic (exact) mass is 313 g/mol. The second-order valence-corrected chi connectivity index (χ2v) is 6.42. The topological polar surface area (TPSA) is 38.5 Å². The number of ether oxygens (including phenoxy) is 1. The summed E-state index contributed by atoms with van der Waals surface area (Å²) in [6.45, 7) is 12.4. The van der Waals surface area contributed by atoms with E-state index in [9.17, 15) is 0 Å². The van der Waals surface area contributed by atoms with Gasteiger partial charge in [-0.05, 0) is 18.1 Å². The molecule has 0 atom stereocenters. The van der Waals surface area contributed by atoms with Crippen LogP contribution in [0.15, 0.2) is 6.33 Å². The summed E-state index contributed by atoms with van der Waals surface area (Å²) >= 11 is 5.46. The normalized spacial score (nSPS) is 17.7. The van der Waals surface area contributed by atoms with Crippen LogP contribution in [-0.2, 0) is 18.0 Å². The number of piperazine rings is 1. The minimum Gasteiger partial charge on any atom is -0.383 e. The smallest absolute Gasteiger partial charge is 0.198 e. The number of methoxy groups -OCH3 is 1. The van der Waals surface area contributed by atoms with E-state index in [0.717, 1.165) is 50.1 Å². The van der Waals surface area contributed by atoms with Crippen LogP contribution in [0.4, 0.5) is 0 Å². The molecular weight excluding hydrogens is 286 g/mol. The molecule has 1 aliphatic rings. The Balaban J connectivity index is 1.83. The van der Waals surface area contributed by atoms with Gasteiger partial charge in [0.05, 0.1) is 13.3 Å². The van der Waals surface area contributed by atoms with E-state index in [-0.39, 0.29) is 0 Å². The van der Waals surface area contributed by atoms with Crippen LogP contribution in [0.5, 0.6) is 0 Å². The van der Waals surface area contributed by atoms with Crippen LogP contribution in [0.1, 0.15) is 13.8 Å². The lowest BCUT2D eigenvalue weighted by molar-refractivity contribution is 0.0948. The van der Waals surface area contributed by atoms with Gasteiger partial charge in [0.15, 0.2) is 4.77 Å². The Morgan fingerprint density at radius 1 is 1.24 bits per heavy atom. The van der Waals surface area contributed by atoms with E-state index in [1.54, 1.807) is 13.4 Å². The van der Waals surface area contributed by atoms with Gasteiger partial charge in [-0.1, -0.05) is 13.8 Å². The number of hydrogen-bond donors (Lipinski definition) is 0. The molecular formula is C14H27N5OS. The van der Waals surface area contributed by atoms with Crippen LogP contribution in [-0.4, -0.2) is 70.6 Å². The SMILES string of the molecule is COCCn1cnn(CN2CCN(CC(C)C)CC2)c1=S. The molecule has 1 fully saturated rings. The third-order valence-corrected chi connectivity index (χ3v) is 4.20. The number of rotatable bonds is 7. The highest BCUT2D eigenvalue weighted by Crippen LogP contribution is 2.06. The molecule has 1 aromatic heterocycles. The van der Waals surface area contributed by atoms with Crippen LogP contribution >= 0.6 is 12.2 Å². The molecule has 0 amide bonds. The van der Waals surface area contributed by atoms with Crippen molar-refractivity contribution >= 4 is 12.2 Å². The first-order valence-corrected chi connectivity index (χ1v) is 8.07. The minimum atomic E-state index is 0.661. The van der Waals surface area contributed by atoms with Gasteiger partial charge in [0, 0.05) is 46.4 Å². The summed E-state index contributed by atoms with van der Waals surface area (Å²) in [5, 5.41) is 4.39. The van der Waals surface area contributed by atoms with Crippen molar-refractivity contribution in [2.75, 3.05) is 46.4 Å². The number of aromatic nitrogens is 3. The second-order valence-electron chi connectivity index (χ2n) is 6.05. The summed E-state index contributed by atoms with van der Waals surface area (Å²) in [6.07, 6.45) is 1.80. The molecule has 120 valence electrons. The molecule has 0 bridgehead atoms. The van der Waals surface area contributed by atoms with E-state index >= 15 is 0 Å². The van der Waals surface area contributed by atoms with Crippen LogP contribution in [0.25, 0.3) is 0 Å². The van der Waals surface area contributed by atoms with Crippen molar-refractivity contribution in [3.63, 3.8) is 0 Å². The molecule has 0 saturated carbocycles. The molecule has 0 aliphatic carbocycles. The maximum absolute atomic E-state index is 5.46. The fourth-order valence-corrected chi connectivity index (χ4v) is 2.87. The first-order chi connectivity index (χ1) is 10.1. The van der Waals surface area contributed by atoms with E-state index < -0.39 is 0 Å². The molecule has 1 aromatic rings. The van der Waals surface area contributed by atoms with Gasteiger partial charge in [-0.3, -0.25) is 4.90 Å². The van der Waals surface area contributed by atoms with E-state index in [4.69, 9.17) is 17.0 Å². The van der Waals surface area contributed by atoms with Crippen LogP contribution in [0.2, 0.25) is 0 Å². The lowest BCUT2D eigenvalue weighted by Gasteiger charge is -2.35. The molecule has 1 saturated heterocycles. The Morgan fingerprint density at radius 2 is 1.90 bits per heavy atom. The fourth-order valence-electron chi connectivity index (χ4n) is 2.63. The maximum atomic E-state index is 5.46. The van der Waals surface area contributed by atoms with Crippen molar-refractivity contribution < 1.29 is 4.74 Å². The quantitative estimate of drug-likeness (QED) is 0.709. The third-order valence-electron chi connectivity index (χ3n) is 3.76. The van der Waals surface area contributed by atoms with Gasteiger partial charge in [0.25, 0.3) is 0 Å². The molecule has 0 radical (unpaired) electrons. The van der Waals surface area contributed by atoms with Crippen molar-refractivity contribution in [1.29, 1.82) is 0 Å². The highest BCUT2D eigenvalue weighted by Gasteiger charge is 2.18. The van der Waals surface area contributed by atoms with Crippen molar-refractivity contribution in [3.8, 4) is 0 Å². The van der Waals surface area contributed by atoms with E-state index in [2.05, 4.69) is 28.7 Å². The molecule has 0 unspecified atom stereocenters. The van der Waals surface area contributed by atoms with Crippen LogP contribution < -0.4 is 0 Å². The van der Waals surface area contributed by atoms with E-state index in [1.807, 2.05) is 9.25 Å². The third kappa shape index (κ3) is 4.88. The maximum Gasteiger partial charge on any atom is 0.198 e. The Bertz CT molecular complexity index is 476. The molecule has 6 nitrogen and oxygen atoms in total. The standard InChI is InChI=1S/C14H27N5OS/c1-13(2)10-16-4-6-17(7-5-16)12-19-14(21)18(11-15-19)8-9-20-3/h11,13H,4-10,12H2,1-3H3. The predicted octanol–water partition coefficient (Wildman–Crippen LogP) is 1.29. The second kappa shape index (κ2) is 8.03. The summed E-state index contributed by atoms with van der Waals surface area (Å²) in [5.74, 6) is 0.738. The highest BCUT2D eigenvalue weighted by atomic mass is 32.1. The average Bonchev–Trinajstić information content (AvgIpc) is 2.79. The van der Waals surface area contributed by atoms with Gasteiger partial charge >= 0.3 is 0 Å². The molecule has 0 N–H and O–H groups in total. The molecule has 0 aromatic carbocycles. The molecule has 2 heterocycles. The molecule has 7 heteroatoms. The van der Waals surface area contributed by atoms with E-state index in [0.29, 0.717) is 6.61 Å². The zero-order chi connectivity index (χ0) is 15.2. The minimum absolute atomic E-state index is 0.661. The van der Waals surface area contributed by atoms with Crippen molar-refractivity contribution in [2.24, 2.45) is 5.92 Å². The largest absolute Gasteiger partial charge is 0.383 e. The van der Waals surface area contributed by atoms with Crippen molar-refractivity contribution in [3.05, 3.63) is 11.1 Å². The van der Waals surface area contributed by atoms with Crippen LogP contribution in [0.3, 0.4) is 0 Å². The Morgan fingerprint density at radius 3 is 2.52 bits per heavy atom. The molecule has 1 aliphatic heterocycles. The lowest BCUT2D eigenvalue weighted by atomic mass is 10.2. The highest BCUT2D eigenvalue weighted by molar-refractivity contribution is 7.71. The summed E-state index contributed by atoms with van der Waals surface area (Å²) in [4.78, 5) is 4.96. The van der Waals surface area contributed by atoms with Gasteiger partial charge in [-0.15, -0.1) is 0 Å². The molecule has 0 spiro atoms. The Labute approximate surface area is 132 Å². The summed E-state index contributed by atoms with van der Waals surface area (Å²) < 4.78 is 9.73. The van der Waals surface area contributed by atoms with E-state index in [1.165, 1.54) is 6.54 Å². The summed E-state index contributed by atoms with van der Waals surface area (Å²) in [6, 6.07) is 0. The molecule has 2 rings (SSSR count).